The Hall–Kier alpha value is -3.75. The molecule has 3 heterocycles. The highest BCUT2D eigenvalue weighted by atomic mass is 19.1. The zero-order valence-corrected chi connectivity index (χ0v) is 19.7. The van der Waals surface area contributed by atoms with Crippen molar-refractivity contribution in [3.05, 3.63) is 99.0 Å². The van der Waals surface area contributed by atoms with Crippen LogP contribution in [0.1, 0.15) is 22.3 Å². The number of piperazine rings is 1. The van der Waals surface area contributed by atoms with Gasteiger partial charge in [-0.05, 0) is 53.1 Å². The second-order valence-electron chi connectivity index (χ2n) is 9.20. The maximum Gasteiger partial charge on any atom is 0.326 e. The molecule has 6 rings (SSSR count). The van der Waals surface area contributed by atoms with E-state index in [2.05, 4.69) is 15.2 Å². The van der Waals surface area contributed by atoms with Crippen molar-refractivity contribution >= 4 is 22.7 Å². The number of imidazole rings is 1. The topological polar surface area (TPSA) is 62.3 Å². The van der Waals surface area contributed by atoms with E-state index in [0.717, 1.165) is 54.9 Å². The minimum Gasteiger partial charge on any atom is -0.488 e. The Morgan fingerprint density at radius 1 is 0.972 bits per heavy atom. The molecular weight excluding hydrogens is 462 g/mol. The van der Waals surface area contributed by atoms with Gasteiger partial charge in [-0.25, -0.2) is 13.6 Å². The molecule has 1 saturated heterocycles. The predicted octanol–water partition coefficient (Wildman–Crippen LogP) is 3.99. The van der Waals surface area contributed by atoms with Crippen LogP contribution in [0.4, 0.5) is 8.78 Å². The van der Waals surface area contributed by atoms with E-state index in [0.29, 0.717) is 29.0 Å². The Labute approximate surface area is 206 Å². The van der Waals surface area contributed by atoms with Crippen molar-refractivity contribution in [2.45, 2.75) is 13.2 Å². The average Bonchev–Trinajstić information content (AvgIpc) is 3.11. The largest absolute Gasteiger partial charge is 0.488 e. The van der Waals surface area contributed by atoms with Crippen molar-refractivity contribution in [2.75, 3.05) is 32.7 Å². The maximum absolute atomic E-state index is 14.7. The van der Waals surface area contributed by atoms with Gasteiger partial charge < -0.3 is 15.0 Å². The molecular formula is C28H26F2N4O2. The molecule has 2 aliphatic rings. The van der Waals surface area contributed by atoms with Crippen LogP contribution in [0.15, 0.2) is 59.4 Å². The smallest absolute Gasteiger partial charge is 0.326 e. The van der Waals surface area contributed by atoms with Gasteiger partial charge in [0.1, 0.15) is 24.0 Å². The molecule has 3 aromatic carbocycles. The number of nitrogens with zero attached hydrogens (tertiary/aromatic N) is 2. The first-order valence-corrected chi connectivity index (χ1v) is 12.1. The number of aromatic amines is 1. The highest BCUT2D eigenvalue weighted by Crippen LogP contribution is 2.39. The number of halogens is 2. The summed E-state index contributed by atoms with van der Waals surface area (Å²) in [7, 11) is 0. The molecule has 0 atom stereocenters. The van der Waals surface area contributed by atoms with Crippen molar-refractivity contribution < 1.29 is 13.5 Å². The lowest BCUT2D eigenvalue weighted by atomic mass is 9.92. The molecule has 4 aromatic rings. The van der Waals surface area contributed by atoms with Crippen LogP contribution in [0, 0.1) is 11.6 Å². The molecule has 0 radical (unpaired) electrons. The summed E-state index contributed by atoms with van der Waals surface area (Å²) < 4.78 is 36.2. The van der Waals surface area contributed by atoms with Gasteiger partial charge in [-0.3, -0.25) is 9.47 Å². The molecule has 2 N–H and O–H groups in total. The number of H-pyrrole nitrogens is 1. The predicted molar refractivity (Wildman–Crippen MR) is 136 cm³/mol. The summed E-state index contributed by atoms with van der Waals surface area (Å²) in [5, 5.41) is 3.34. The van der Waals surface area contributed by atoms with Gasteiger partial charge in [-0.15, -0.1) is 0 Å². The molecule has 1 aromatic heterocycles. The third-order valence-electron chi connectivity index (χ3n) is 6.97. The molecule has 6 nitrogen and oxygen atoms in total. The first-order valence-electron chi connectivity index (χ1n) is 12.1. The summed E-state index contributed by atoms with van der Waals surface area (Å²) in [5.41, 5.74) is 4.81. The minimum absolute atomic E-state index is 0.0120. The quantitative estimate of drug-likeness (QED) is 0.456. The molecule has 0 spiro atoms. The lowest BCUT2D eigenvalue weighted by Crippen LogP contribution is -2.44. The van der Waals surface area contributed by atoms with Crippen LogP contribution in [0.5, 0.6) is 5.75 Å². The Bertz CT molecular complexity index is 1530. The fraction of sp³-hybridized carbons (Fsp3) is 0.250. The first kappa shape index (κ1) is 22.7. The van der Waals surface area contributed by atoms with Gasteiger partial charge in [0, 0.05) is 56.5 Å². The van der Waals surface area contributed by atoms with Gasteiger partial charge in [0.2, 0.25) is 0 Å². The standard InChI is InChI=1S/C28H26F2N4O2/c29-19-5-6-21-22(20-2-1-3-24(30)23(20)17-36-27(21)16-19)14-18-4-7-26-25(15-18)32-28(35)34(26)13-12-33-10-8-31-9-11-33/h1-7,14-16,31H,8-13,17H2,(H,32,35). The number of fused-ring (bicyclic) bond motifs is 3. The SMILES string of the molecule is O=c1[nH]c2cc(C=C3c4ccc(F)cc4OCc4c(F)cccc43)ccc2n1CCN1CCNCC1. The lowest BCUT2D eigenvalue weighted by Gasteiger charge is -2.27. The molecule has 2 aliphatic heterocycles. The molecule has 0 saturated carbocycles. The van der Waals surface area contributed by atoms with E-state index in [1.165, 1.54) is 18.2 Å². The van der Waals surface area contributed by atoms with Gasteiger partial charge in [0.05, 0.1) is 11.0 Å². The van der Waals surface area contributed by atoms with Crippen molar-refractivity contribution in [1.82, 2.24) is 19.8 Å². The van der Waals surface area contributed by atoms with Gasteiger partial charge in [0.15, 0.2) is 0 Å². The Morgan fingerprint density at radius 3 is 2.69 bits per heavy atom. The second-order valence-corrected chi connectivity index (χ2v) is 9.20. The zero-order valence-electron chi connectivity index (χ0n) is 19.7. The van der Waals surface area contributed by atoms with Crippen LogP contribution in [0.25, 0.3) is 22.7 Å². The molecule has 36 heavy (non-hydrogen) atoms. The van der Waals surface area contributed by atoms with Crippen LogP contribution in [0.2, 0.25) is 0 Å². The number of ether oxygens (including phenoxy) is 1. The highest BCUT2D eigenvalue weighted by molar-refractivity contribution is 5.95. The summed E-state index contributed by atoms with van der Waals surface area (Å²) >= 11 is 0. The van der Waals surface area contributed by atoms with Crippen molar-refractivity contribution in [1.29, 1.82) is 0 Å². The summed E-state index contributed by atoms with van der Waals surface area (Å²) in [6.45, 7) is 5.33. The second kappa shape index (κ2) is 9.37. The maximum atomic E-state index is 14.7. The fourth-order valence-corrected chi connectivity index (χ4v) is 5.08. The Morgan fingerprint density at radius 2 is 1.83 bits per heavy atom. The fourth-order valence-electron chi connectivity index (χ4n) is 5.08. The normalized spacial score (nSPS) is 17.0. The molecule has 0 unspecified atom stereocenters. The minimum atomic E-state index is -0.416. The van der Waals surface area contributed by atoms with Crippen molar-refractivity contribution in [3.8, 4) is 5.75 Å². The van der Waals surface area contributed by atoms with E-state index in [1.807, 2.05) is 30.3 Å². The van der Waals surface area contributed by atoms with E-state index in [4.69, 9.17) is 4.74 Å². The number of benzene rings is 3. The number of aromatic nitrogens is 2. The van der Waals surface area contributed by atoms with Crippen LogP contribution in [-0.4, -0.2) is 47.2 Å². The molecule has 0 aliphatic carbocycles. The van der Waals surface area contributed by atoms with Crippen LogP contribution in [0.3, 0.4) is 0 Å². The molecule has 0 bridgehead atoms. The van der Waals surface area contributed by atoms with E-state index < -0.39 is 5.82 Å². The monoisotopic (exact) mass is 488 g/mol. The summed E-state index contributed by atoms with van der Waals surface area (Å²) in [4.78, 5) is 18.0. The van der Waals surface area contributed by atoms with E-state index >= 15 is 0 Å². The third-order valence-corrected chi connectivity index (χ3v) is 6.97. The average molecular weight is 489 g/mol. The van der Waals surface area contributed by atoms with Crippen molar-refractivity contribution in [2.24, 2.45) is 0 Å². The molecule has 184 valence electrons. The number of nitrogens with one attached hydrogen (secondary N) is 2. The zero-order chi connectivity index (χ0) is 24.6. The van der Waals surface area contributed by atoms with Crippen LogP contribution >= 0.6 is 0 Å². The highest BCUT2D eigenvalue weighted by Gasteiger charge is 2.22. The van der Waals surface area contributed by atoms with Gasteiger partial charge in [0.25, 0.3) is 0 Å². The van der Waals surface area contributed by atoms with E-state index in [1.54, 1.807) is 16.7 Å². The van der Waals surface area contributed by atoms with Crippen molar-refractivity contribution in [3.63, 3.8) is 0 Å². The number of hydrogen-bond acceptors (Lipinski definition) is 4. The van der Waals surface area contributed by atoms with E-state index in [9.17, 15) is 13.6 Å². The Kier molecular flexibility index (Phi) is 5.91. The van der Waals surface area contributed by atoms with Gasteiger partial charge in [-0.1, -0.05) is 18.2 Å². The number of rotatable bonds is 4. The molecule has 0 amide bonds. The Balaban J connectivity index is 1.40. The third kappa shape index (κ3) is 4.23. The summed E-state index contributed by atoms with van der Waals surface area (Å²) in [6.07, 6.45) is 1.93. The van der Waals surface area contributed by atoms with Crippen LogP contribution in [-0.2, 0) is 13.2 Å². The summed E-state index contributed by atoms with van der Waals surface area (Å²) in [5.74, 6) is -0.417. The summed E-state index contributed by atoms with van der Waals surface area (Å²) in [6, 6.07) is 15.1. The molecule has 8 heteroatoms. The first-order chi connectivity index (χ1) is 17.6. The van der Waals surface area contributed by atoms with Gasteiger partial charge in [-0.2, -0.15) is 0 Å². The van der Waals surface area contributed by atoms with Gasteiger partial charge >= 0.3 is 5.69 Å². The van der Waals surface area contributed by atoms with E-state index in [-0.39, 0.29) is 18.1 Å². The molecule has 1 fully saturated rings. The van der Waals surface area contributed by atoms with Crippen LogP contribution < -0.4 is 15.7 Å². The number of hydrogen-bond donors (Lipinski definition) is 2. The lowest BCUT2D eigenvalue weighted by molar-refractivity contribution is 0.232.